The Labute approximate surface area is 138 Å². The second kappa shape index (κ2) is 7.45. The molecule has 1 aromatic rings. The van der Waals surface area contributed by atoms with E-state index < -0.39 is 0 Å². The van der Waals surface area contributed by atoms with Crippen molar-refractivity contribution < 1.29 is 4.79 Å². The van der Waals surface area contributed by atoms with Crippen LogP contribution in [0.15, 0.2) is 6.20 Å². The first-order valence-electron chi connectivity index (χ1n) is 8.94. The van der Waals surface area contributed by atoms with Gasteiger partial charge >= 0.3 is 0 Å². The number of hydrogen-bond donors (Lipinski definition) is 1. The molecule has 1 aromatic heterocycles. The molecule has 128 valence electrons. The van der Waals surface area contributed by atoms with E-state index in [9.17, 15) is 4.79 Å². The number of nitrogens with zero attached hydrogens (tertiary/aromatic N) is 4. The van der Waals surface area contributed by atoms with Crippen molar-refractivity contribution in [2.45, 2.75) is 33.2 Å². The van der Waals surface area contributed by atoms with Crippen LogP contribution in [0.25, 0.3) is 0 Å². The van der Waals surface area contributed by atoms with Crippen LogP contribution in [0.3, 0.4) is 0 Å². The molecule has 0 saturated carbocycles. The fourth-order valence-electron chi connectivity index (χ4n) is 3.52. The van der Waals surface area contributed by atoms with Crippen molar-refractivity contribution >= 4 is 5.91 Å². The Balaban J connectivity index is 1.40. The van der Waals surface area contributed by atoms with Crippen molar-refractivity contribution in [1.82, 2.24) is 24.7 Å². The predicted molar refractivity (Wildman–Crippen MR) is 90.6 cm³/mol. The molecule has 1 amide bonds. The van der Waals surface area contributed by atoms with Crippen LogP contribution >= 0.6 is 0 Å². The maximum absolute atomic E-state index is 12.2. The lowest BCUT2D eigenvalue weighted by Crippen LogP contribution is -2.48. The van der Waals surface area contributed by atoms with Crippen molar-refractivity contribution in [3.63, 3.8) is 0 Å². The lowest BCUT2D eigenvalue weighted by Gasteiger charge is -2.35. The van der Waals surface area contributed by atoms with Crippen molar-refractivity contribution in [2.24, 2.45) is 5.92 Å². The minimum atomic E-state index is -0.0328. The van der Waals surface area contributed by atoms with Gasteiger partial charge < -0.3 is 19.7 Å². The van der Waals surface area contributed by atoms with Gasteiger partial charge in [0.25, 0.3) is 5.91 Å². The van der Waals surface area contributed by atoms with Gasteiger partial charge in [-0.1, -0.05) is 13.8 Å². The number of aryl methyl sites for hydroxylation is 2. The fourth-order valence-corrected chi connectivity index (χ4v) is 3.52. The zero-order chi connectivity index (χ0) is 16.2. The van der Waals surface area contributed by atoms with Gasteiger partial charge in [-0.2, -0.15) is 0 Å². The second-order valence-corrected chi connectivity index (χ2v) is 6.89. The number of rotatable bonds is 6. The number of piperazine rings is 1. The highest BCUT2D eigenvalue weighted by molar-refractivity contribution is 5.92. The number of carbonyl (C=O) groups excluding carboxylic acids is 1. The largest absolute Gasteiger partial charge is 0.350 e. The first-order valence-corrected chi connectivity index (χ1v) is 8.94. The maximum atomic E-state index is 12.2. The van der Waals surface area contributed by atoms with Gasteiger partial charge in [0, 0.05) is 58.4 Å². The van der Waals surface area contributed by atoms with Crippen LogP contribution in [0, 0.1) is 5.92 Å². The number of imidazole rings is 1. The molecule has 1 fully saturated rings. The van der Waals surface area contributed by atoms with Gasteiger partial charge in [0.2, 0.25) is 0 Å². The molecule has 0 radical (unpaired) electrons. The van der Waals surface area contributed by atoms with Crippen molar-refractivity contribution in [3.8, 4) is 0 Å². The summed E-state index contributed by atoms with van der Waals surface area (Å²) < 4.78 is 2.10. The smallest absolute Gasteiger partial charge is 0.271 e. The quantitative estimate of drug-likeness (QED) is 0.844. The Kier molecular flexibility index (Phi) is 5.33. The topological polar surface area (TPSA) is 53.4 Å². The molecule has 6 nitrogen and oxygen atoms in total. The molecule has 1 unspecified atom stereocenters. The van der Waals surface area contributed by atoms with Gasteiger partial charge in [-0.25, -0.2) is 4.98 Å². The van der Waals surface area contributed by atoms with E-state index in [0.717, 1.165) is 71.0 Å². The van der Waals surface area contributed by atoms with E-state index in [2.05, 4.69) is 38.5 Å². The summed E-state index contributed by atoms with van der Waals surface area (Å²) in [4.78, 5) is 21.7. The number of hydrogen-bond acceptors (Lipinski definition) is 4. The first-order chi connectivity index (χ1) is 11.2. The third-order valence-electron chi connectivity index (χ3n) is 4.98. The third kappa shape index (κ3) is 4.12. The van der Waals surface area contributed by atoms with Crippen molar-refractivity contribution in [2.75, 3.05) is 45.8 Å². The van der Waals surface area contributed by atoms with Gasteiger partial charge in [-0.15, -0.1) is 0 Å². The van der Waals surface area contributed by atoms with E-state index >= 15 is 0 Å². The average molecular weight is 319 g/mol. The zero-order valence-corrected chi connectivity index (χ0v) is 14.4. The lowest BCUT2D eigenvalue weighted by molar-refractivity contribution is 0.0929. The van der Waals surface area contributed by atoms with Gasteiger partial charge in [-0.05, 0) is 18.9 Å². The van der Waals surface area contributed by atoms with Crippen LogP contribution in [-0.2, 0) is 13.0 Å². The summed E-state index contributed by atoms with van der Waals surface area (Å²) >= 11 is 0. The van der Waals surface area contributed by atoms with Crippen LogP contribution < -0.4 is 5.32 Å². The third-order valence-corrected chi connectivity index (χ3v) is 4.98. The van der Waals surface area contributed by atoms with E-state index in [1.165, 1.54) is 0 Å². The summed E-state index contributed by atoms with van der Waals surface area (Å²) in [7, 11) is 0. The number of nitrogens with one attached hydrogen (secondary N) is 1. The van der Waals surface area contributed by atoms with E-state index in [4.69, 9.17) is 0 Å². The number of aromatic nitrogens is 2. The zero-order valence-electron chi connectivity index (χ0n) is 14.4. The Morgan fingerprint density at radius 2 is 2.00 bits per heavy atom. The summed E-state index contributed by atoms with van der Waals surface area (Å²) in [5, 5.41) is 3.05. The van der Waals surface area contributed by atoms with E-state index in [0.29, 0.717) is 11.6 Å². The maximum Gasteiger partial charge on any atom is 0.271 e. The Bertz CT molecular complexity index is 512. The highest BCUT2D eigenvalue weighted by Gasteiger charge is 2.20. The molecule has 1 atom stereocenters. The van der Waals surface area contributed by atoms with Crippen LogP contribution in [0.1, 0.15) is 36.6 Å². The molecule has 0 aromatic carbocycles. The van der Waals surface area contributed by atoms with Gasteiger partial charge in [-0.3, -0.25) is 4.79 Å². The number of fused-ring (bicyclic) bond motifs is 1. The number of likely N-dealkylation sites (N-methyl/N-ethyl adjacent to an activating group) is 1. The van der Waals surface area contributed by atoms with Crippen molar-refractivity contribution in [1.29, 1.82) is 0 Å². The molecule has 0 aliphatic carbocycles. The molecule has 2 aliphatic heterocycles. The molecule has 0 spiro atoms. The van der Waals surface area contributed by atoms with Gasteiger partial charge in [0.1, 0.15) is 11.5 Å². The van der Waals surface area contributed by atoms with Crippen LogP contribution in [0.2, 0.25) is 0 Å². The highest BCUT2D eigenvalue weighted by Crippen LogP contribution is 2.14. The van der Waals surface area contributed by atoms with Crippen LogP contribution in [0.5, 0.6) is 0 Å². The monoisotopic (exact) mass is 319 g/mol. The Morgan fingerprint density at radius 1 is 1.26 bits per heavy atom. The van der Waals surface area contributed by atoms with Gasteiger partial charge in [0.15, 0.2) is 0 Å². The van der Waals surface area contributed by atoms with E-state index in [1.54, 1.807) is 0 Å². The Morgan fingerprint density at radius 3 is 2.70 bits per heavy atom. The molecular weight excluding hydrogens is 290 g/mol. The summed E-state index contributed by atoms with van der Waals surface area (Å²) in [5.74, 6) is 1.48. The molecular formula is C17H29N5O. The number of carbonyl (C=O) groups is 1. The Hall–Kier alpha value is -1.40. The molecule has 1 N–H and O–H groups in total. The standard InChI is InChI=1S/C17H29N5O/c1-3-20-7-9-21(10-8-20)12-14(2)11-18-17(23)15-13-22-6-4-5-16(22)19-15/h13-14H,3-12H2,1-2H3,(H,18,23). The summed E-state index contributed by atoms with van der Waals surface area (Å²) in [5.41, 5.74) is 0.573. The summed E-state index contributed by atoms with van der Waals surface area (Å²) in [6.07, 6.45) is 4.03. The predicted octanol–water partition coefficient (Wildman–Crippen LogP) is 0.833. The molecule has 1 saturated heterocycles. The molecule has 0 bridgehead atoms. The molecule has 6 heteroatoms. The highest BCUT2D eigenvalue weighted by atomic mass is 16.1. The van der Waals surface area contributed by atoms with Gasteiger partial charge in [0.05, 0.1) is 0 Å². The van der Waals surface area contributed by atoms with E-state index in [-0.39, 0.29) is 5.91 Å². The molecule has 3 heterocycles. The molecule has 23 heavy (non-hydrogen) atoms. The minimum absolute atomic E-state index is 0.0328. The normalized spacial score (nSPS) is 20.4. The second-order valence-electron chi connectivity index (χ2n) is 6.89. The van der Waals surface area contributed by atoms with Crippen LogP contribution in [-0.4, -0.2) is 71.1 Å². The fraction of sp³-hybridized carbons (Fsp3) is 0.765. The van der Waals surface area contributed by atoms with Crippen LogP contribution in [0.4, 0.5) is 0 Å². The SMILES string of the molecule is CCN1CCN(CC(C)CNC(=O)c2cn3c(n2)CCC3)CC1. The number of amides is 1. The molecule has 3 rings (SSSR count). The summed E-state index contributed by atoms with van der Waals surface area (Å²) in [6.45, 7) is 12.9. The average Bonchev–Trinajstić information content (AvgIpc) is 3.15. The molecule has 2 aliphatic rings. The first kappa shape index (κ1) is 16.5. The minimum Gasteiger partial charge on any atom is -0.350 e. The van der Waals surface area contributed by atoms with Crippen molar-refractivity contribution in [3.05, 3.63) is 17.7 Å². The lowest BCUT2D eigenvalue weighted by atomic mass is 10.1. The van der Waals surface area contributed by atoms with E-state index in [1.807, 2.05) is 6.20 Å². The summed E-state index contributed by atoms with van der Waals surface area (Å²) in [6, 6.07) is 0.